The normalized spacial score (nSPS) is 13.8. The largest absolute Gasteiger partial charge is 0.335 e. The molecule has 0 unspecified atom stereocenters. The average molecular weight is 170 g/mol. The van der Waals surface area contributed by atoms with Crippen molar-refractivity contribution in [3.05, 3.63) is 0 Å². The summed E-state index contributed by atoms with van der Waals surface area (Å²) in [6.07, 6.45) is 1.77. The zero-order valence-corrected chi connectivity index (χ0v) is 8.34. The highest BCUT2D eigenvalue weighted by Crippen LogP contribution is 2.17. The maximum atomic E-state index is 11.5. The minimum atomic E-state index is -0.461. The zero-order chi connectivity index (χ0) is 9.94. The van der Waals surface area contributed by atoms with Gasteiger partial charge in [-0.25, -0.2) is 0 Å². The van der Waals surface area contributed by atoms with E-state index in [0.717, 1.165) is 0 Å². The summed E-state index contributed by atoms with van der Waals surface area (Å²) in [6.45, 7) is 7.12. The third-order valence-electron chi connectivity index (χ3n) is 1.71. The van der Waals surface area contributed by atoms with Gasteiger partial charge in [0, 0.05) is 12.5 Å². The van der Waals surface area contributed by atoms with Crippen molar-refractivity contribution < 1.29 is 9.59 Å². The average Bonchev–Trinajstić information content (AvgIpc) is 1.98. The second kappa shape index (κ2) is 3.70. The summed E-state index contributed by atoms with van der Waals surface area (Å²) in [7, 11) is 1.61. The van der Waals surface area contributed by atoms with Crippen LogP contribution in [0.4, 0.5) is 0 Å². The standard InChI is InChI=1S/C9H16NO2/c1-7(6-11)10(5)8(12)9(2,3)4/h7H,1-5H3/t7-/m0/s1. The van der Waals surface area contributed by atoms with Crippen molar-refractivity contribution in [3.63, 3.8) is 0 Å². The van der Waals surface area contributed by atoms with Crippen molar-refractivity contribution >= 4 is 12.2 Å². The van der Waals surface area contributed by atoms with E-state index in [0.29, 0.717) is 0 Å². The highest BCUT2D eigenvalue weighted by atomic mass is 16.2. The molecule has 0 aromatic heterocycles. The van der Waals surface area contributed by atoms with Gasteiger partial charge >= 0.3 is 0 Å². The maximum absolute atomic E-state index is 11.5. The van der Waals surface area contributed by atoms with E-state index in [9.17, 15) is 9.59 Å². The van der Waals surface area contributed by atoms with Crippen molar-refractivity contribution in [3.8, 4) is 0 Å². The monoisotopic (exact) mass is 170 g/mol. The SMILES string of the molecule is C[C@@H]([C]=O)N(C)C(=O)C(C)(C)C. The Kier molecular flexibility index (Phi) is 3.43. The van der Waals surface area contributed by atoms with Gasteiger partial charge < -0.3 is 4.90 Å². The Morgan fingerprint density at radius 2 is 1.83 bits per heavy atom. The second-order valence-electron chi connectivity index (χ2n) is 3.96. The number of amides is 1. The molecule has 0 spiro atoms. The van der Waals surface area contributed by atoms with E-state index in [-0.39, 0.29) is 5.91 Å². The van der Waals surface area contributed by atoms with Gasteiger partial charge in [-0.05, 0) is 6.92 Å². The molecule has 1 radical (unpaired) electrons. The molecule has 3 nitrogen and oxygen atoms in total. The molecule has 1 atom stereocenters. The minimum Gasteiger partial charge on any atom is -0.335 e. The maximum Gasteiger partial charge on any atom is 0.228 e. The molecule has 0 saturated carbocycles. The number of carbonyl (C=O) groups is 1. The highest BCUT2D eigenvalue weighted by Gasteiger charge is 2.27. The van der Waals surface area contributed by atoms with Crippen molar-refractivity contribution in [2.45, 2.75) is 33.7 Å². The predicted octanol–water partition coefficient (Wildman–Crippen LogP) is 0.989. The smallest absolute Gasteiger partial charge is 0.228 e. The van der Waals surface area contributed by atoms with Crippen LogP contribution in [-0.2, 0) is 9.59 Å². The van der Waals surface area contributed by atoms with Crippen LogP contribution in [0.1, 0.15) is 27.7 Å². The summed E-state index contributed by atoms with van der Waals surface area (Å²) in [6, 6.07) is -0.461. The fraction of sp³-hybridized carbons (Fsp3) is 0.778. The van der Waals surface area contributed by atoms with Gasteiger partial charge in [0.1, 0.15) is 0 Å². The summed E-state index contributed by atoms with van der Waals surface area (Å²) >= 11 is 0. The Morgan fingerprint density at radius 1 is 1.42 bits per heavy atom. The van der Waals surface area contributed by atoms with Crippen molar-refractivity contribution in [2.24, 2.45) is 5.41 Å². The number of carbonyl (C=O) groups excluding carboxylic acids is 2. The molecule has 0 bridgehead atoms. The molecule has 0 fully saturated rings. The van der Waals surface area contributed by atoms with Crippen molar-refractivity contribution in [1.29, 1.82) is 0 Å². The molecule has 0 aliphatic carbocycles. The predicted molar refractivity (Wildman–Crippen MR) is 47.4 cm³/mol. The van der Waals surface area contributed by atoms with E-state index < -0.39 is 11.5 Å². The molecule has 12 heavy (non-hydrogen) atoms. The Morgan fingerprint density at radius 3 is 2.08 bits per heavy atom. The van der Waals surface area contributed by atoms with Crippen LogP contribution in [0.3, 0.4) is 0 Å². The number of hydrogen-bond donors (Lipinski definition) is 0. The lowest BCUT2D eigenvalue weighted by Crippen LogP contribution is -2.42. The van der Waals surface area contributed by atoms with E-state index in [4.69, 9.17) is 0 Å². The molecule has 3 heteroatoms. The quantitative estimate of drug-likeness (QED) is 0.619. The van der Waals surface area contributed by atoms with Crippen LogP contribution < -0.4 is 0 Å². The third-order valence-corrected chi connectivity index (χ3v) is 1.71. The van der Waals surface area contributed by atoms with Crippen LogP contribution in [0.2, 0.25) is 0 Å². The number of hydrogen-bond acceptors (Lipinski definition) is 2. The molecule has 1 amide bonds. The third kappa shape index (κ3) is 2.64. The lowest BCUT2D eigenvalue weighted by Gasteiger charge is -2.27. The molecule has 0 rings (SSSR count). The van der Waals surface area contributed by atoms with Gasteiger partial charge in [-0.1, -0.05) is 20.8 Å². The van der Waals surface area contributed by atoms with E-state index >= 15 is 0 Å². The van der Waals surface area contributed by atoms with E-state index in [1.165, 1.54) is 4.90 Å². The second-order valence-corrected chi connectivity index (χ2v) is 3.96. The van der Waals surface area contributed by atoms with Crippen LogP contribution >= 0.6 is 0 Å². The zero-order valence-electron chi connectivity index (χ0n) is 8.34. The molecular formula is C9H16NO2. The van der Waals surface area contributed by atoms with Crippen molar-refractivity contribution in [1.82, 2.24) is 4.90 Å². The molecular weight excluding hydrogens is 154 g/mol. The van der Waals surface area contributed by atoms with E-state index in [1.54, 1.807) is 20.3 Å². The summed E-state index contributed by atoms with van der Waals surface area (Å²) in [5, 5.41) is 0. The first-order valence-electron chi connectivity index (χ1n) is 3.95. The van der Waals surface area contributed by atoms with Gasteiger partial charge in [0.15, 0.2) is 0 Å². The lowest BCUT2D eigenvalue weighted by molar-refractivity contribution is -0.138. The molecule has 0 aromatic rings. The Balaban J connectivity index is 4.40. The van der Waals surface area contributed by atoms with Gasteiger partial charge in [-0.15, -0.1) is 0 Å². The lowest BCUT2D eigenvalue weighted by atomic mass is 9.94. The first-order valence-corrected chi connectivity index (χ1v) is 3.95. The minimum absolute atomic E-state index is 0.0432. The Bertz CT molecular complexity index is 181. The van der Waals surface area contributed by atoms with Crippen molar-refractivity contribution in [2.75, 3.05) is 7.05 Å². The van der Waals surface area contributed by atoms with Crippen LogP contribution in [0.15, 0.2) is 0 Å². The first-order chi connectivity index (χ1) is 5.30. The fourth-order valence-electron chi connectivity index (χ4n) is 0.784. The first kappa shape index (κ1) is 11.1. The molecule has 0 aliphatic heterocycles. The van der Waals surface area contributed by atoms with E-state index in [1.807, 2.05) is 20.8 Å². The molecule has 0 N–H and O–H groups in total. The summed E-state index contributed by atoms with van der Waals surface area (Å²) in [4.78, 5) is 23.2. The van der Waals surface area contributed by atoms with Crippen LogP contribution in [0.25, 0.3) is 0 Å². The molecule has 0 aliphatic rings. The molecule has 0 aromatic carbocycles. The van der Waals surface area contributed by atoms with Crippen LogP contribution in [0.5, 0.6) is 0 Å². The number of likely N-dealkylation sites (N-methyl/N-ethyl adjacent to an activating group) is 1. The van der Waals surface area contributed by atoms with Crippen LogP contribution in [-0.4, -0.2) is 30.2 Å². The van der Waals surface area contributed by atoms with Gasteiger partial charge in [-0.3, -0.25) is 9.59 Å². The van der Waals surface area contributed by atoms with Gasteiger partial charge in [0.25, 0.3) is 0 Å². The molecule has 0 saturated heterocycles. The Labute approximate surface area is 73.7 Å². The molecule has 0 heterocycles. The Hall–Kier alpha value is -0.860. The summed E-state index contributed by atoms with van der Waals surface area (Å²) in [5.74, 6) is -0.0432. The van der Waals surface area contributed by atoms with Gasteiger partial charge in [0.05, 0.1) is 6.04 Å². The molecule has 69 valence electrons. The number of nitrogens with zero attached hydrogens (tertiary/aromatic N) is 1. The highest BCUT2D eigenvalue weighted by molar-refractivity contribution is 5.83. The van der Waals surface area contributed by atoms with E-state index in [2.05, 4.69) is 0 Å². The number of rotatable bonds is 2. The summed E-state index contributed by atoms with van der Waals surface area (Å²) in [5.41, 5.74) is -0.431. The topological polar surface area (TPSA) is 37.4 Å². The van der Waals surface area contributed by atoms with Gasteiger partial charge in [-0.2, -0.15) is 0 Å². The summed E-state index contributed by atoms with van der Waals surface area (Å²) < 4.78 is 0. The fourth-order valence-corrected chi connectivity index (χ4v) is 0.784. The van der Waals surface area contributed by atoms with Crippen LogP contribution in [0, 0.1) is 5.41 Å². The van der Waals surface area contributed by atoms with Gasteiger partial charge in [0.2, 0.25) is 12.2 Å².